The van der Waals surface area contributed by atoms with Gasteiger partial charge in [-0.15, -0.1) is 6.42 Å². The van der Waals surface area contributed by atoms with Gasteiger partial charge in [-0.2, -0.15) is 4.98 Å². The summed E-state index contributed by atoms with van der Waals surface area (Å²) < 4.78 is 25.8. The average Bonchev–Trinajstić information content (AvgIpc) is 2.84. The Morgan fingerprint density at radius 2 is 2.00 bits per heavy atom. The van der Waals surface area contributed by atoms with E-state index >= 15 is 0 Å². The van der Waals surface area contributed by atoms with Crippen LogP contribution in [0.3, 0.4) is 0 Å². The highest BCUT2D eigenvalue weighted by atomic mass is 32.2. The zero-order valence-electron chi connectivity index (χ0n) is 18.6. The van der Waals surface area contributed by atoms with E-state index in [1.54, 1.807) is 41.9 Å². The lowest BCUT2D eigenvalue weighted by atomic mass is 9.86. The summed E-state index contributed by atoms with van der Waals surface area (Å²) in [5, 5.41) is 3.27. The Hall–Kier alpha value is -3.77. The highest BCUT2D eigenvalue weighted by Gasteiger charge is 2.32. The first-order valence-electron chi connectivity index (χ1n) is 10.4. The summed E-state index contributed by atoms with van der Waals surface area (Å²) in [5.74, 6) is 3.22. The molecule has 4 rings (SSSR count). The van der Waals surface area contributed by atoms with Crippen LogP contribution in [0.25, 0.3) is 0 Å². The molecule has 2 heterocycles. The molecule has 1 N–H and O–H groups in total. The van der Waals surface area contributed by atoms with Crippen molar-refractivity contribution in [1.29, 1.82) is 0 Å². The van der Waals surface area contributed by atoms with Crippen molar-refractivity contribution in [2.75, 3.05) is 19.0 Å². The van der Waals surface area contributed by atoms with Gasteiger partial charge in [0.15, 0.2) is 16.7 Å². The van der Waals surface area contributed by atoms with Crippen LogP contribution in [-0.4, -0.2) is 29.2 Å². The van der Waals surface area contributed by atoms with Gasteiger partial charge in [0.05, 0.1) is 12.7 Å². The van der Waals surface area contributed by atoms with E-state index < -0.39 is 11.5 Å². The number of hydrogen-bond donors (Lipinski definition) is 1. The van der Waals surface area contributed by atoms with Gasteiger partial charge in [0.1, 0.15) is 18.2 Å². The standard InChI is InChI=1S/C25H22FN3O4S/c1-4-11-33-19-10-7-16(12-20(19)32-3)18-13-21(30)27-23-22(18)24(31)28-25(29(23)2)34-14-15-5-8-17(26)9-6-15/h1,5-10,12,18H,11,13-14H2,2-3H3,(H,27,30). The van der Waals surface area contributed by atoms with Crippen LogP contribution in [0.15, 0.2) is 52.4 Å². The third-order valence-corrected chi connectivity index (χ3v) is 6.58. The minimum Gasteiger partial charge on any atom is -0.493 e. The molecule has 3 aromatic rings. The predicted molar refractivity (Wildman–Crippen MR) is 128 cm³/mol. The molecule has 34 heavy (non-hydrogen) atoms. The van der Waals surface area contributed by atoms with Gasteiger partial charge in [0.25, 0.3) is 5.56 Å². The van der Waals surface area contributed by atoms with Gasteiger partial charge in [-0.25, -0.2) is 4.39 Å². The molecular formula is C25H22FN3O4S. The fourth-order valence-corrected chi connectivity index (χ4v) is 4.74. The molecule has 0 radical (unpaired) electrons. The number of anilines is 1. The number of nitrogens with one attached hydrogen (secondary N) is 1. The van der Waals surface area contributed by atoms with Crippen molar-refractivity contribution >= 4 is 23.5 Å². The molecule has 1 amide bonds. The number of carbonyl (C=O) groups is 1. The van der Waals surface area contributed by atoms with Crippen LogP contribution in [0.5, 0.6) is 11.5 Å². The van der Waals surface area contributed by atoms with Crippen LogP contribution in [0, 0.1) is 18.2 Å². The number of thioether (sulfide) groups is 1. The van der Waals surface area contributed by atoms with Gasteiger partial charge in [0.2, 0.25) is 5.91 Å². The van der Waals surface area contributed by atoms with Crippen molar-refractivity contribution in [2.45, 2.75) is 23.2 Å². The summed E-state index contributed by atoms with van der Waals surface area (Å²) in [6, 6.07) is 11.4. The van der Waals surface area contributed by atoms with E-state index in [-0.39, 0.29) is 24.8 Å². The summed E-state index contributed by atoms with van der Waals surface area (Å²) in [7, 11) is 3.26. The molecule has 0 fully saturated rings. The number of fused-ring (bicyclic) bond motifs is 1. The summed E-state index contributed by atoms with van der Waals surface area (Å²) in [4.78, 5) is 30.0. The number of hydrogen-bond acceptors (Lipinski definition) is 6. The number of methoxy groups -OCH3 is 1. The van der Waals surface area contributed by atoms with Gasteiger partial charge in [-0.05, 0) is 35.4 Å². The van der Waals surface area contributed by atoms with Crippen molar-refractivity contribution in [1.82, 2.24) is 9.55 Å². The molecule has 0 spiro atoms. The molecule has 1 atom stereocenters. The molecule has 1 aliphatic rings. The van der Waals surface area contributed by atoms with Gasteiger partial charge in [0, 0.05) is 25.1 Å². The second-order valence-corrected chi connectivity index (χ2v) is 8.59. The van der Waals surface area contributed by atoms with Crippen LogP contribution in [-0.2, 0) is 17.6 Å². The molecule has 1 aromatic heterocycles. The predicted octanol–water partition coefficient (Wildman–Crippen LogP) is 3.71. The van der Waals surface area contributed by atoms with Crippen LogP contribution >= 0.6 is 11.8 Å². The lowest BCUT2D eigenvalue weighted by molar-refractivity contribution is -0.116. The first-order valence-corrected chi connectivity index (χ1v) is 11.4. The number of halogens is 1. The van der Waals surface area contributed by atoms with E-state index in [0.29, 0.717) is 33.8 Å². The van der Waals surface area contributed by atoms with Crippen molar-refractivity contribution in [3.05, 3.63) is 75.3 Å². The van der Waals surface area contributed by atoms with Crippen molar-refractivity contribution in [3.63, 3.8) is 0 Å². The zero-order chi connectivity index (χ0) is 24.2. The van der Waals surface area contributed by atoms with Crippen LogP contribution < -0.4 is 20.3 Å². The van der Waals surface area contributed by atoms with Crippen molar-refractivity contribution in [3.8, 4) is 23.8 Å². The lowest BCUT2D eigenvalue weighted by Gasteiger charge is -2.28. The summed E-state index contributed by atoms with van der Waals surface area (Å²) in [5.41, 5.74) is 1.62. The highest BCUT2D eigenvalue weighted by molar-refractivity contribution is 7.98. The van der Waals surface area contributed by atoms with Crippen molar-refractivity contribution < 1.29 is 18.7 Å². The largest absolute Gasteiger partial charge is 0.493 e. The van der Waals surface area contributed by atoms with E-state index in [0.717, 1.165) is 11.1 Å². The fraction of sp³-hybridized carbons (Fsp3) is 0.240. The van der Waals surface area contributed by atoms with E-state index in [4.69, 9.17) is 15.9 Å². The number of carbonyl (C=O) groups excluding carboxylic acids is 1. The zero-order valence-corrected chi connectivity index (χ0v) is 19.4. The van der Waals surface area contributed by atoms with E-state index in [9.17, 15) is 14.0 Å². The third kappa shape index (κ3) is 4.77. The van der Waals surface area contributed by atoms with E-state index in [1.165, 1.54) is 31.0 Å². The lowest BCUT2D eigenvalue weighted by Crippen LogP contribution is -2.33. The van der Waals surface area contributed by atoms with Gasteiger partial charge in [-0.1, -0.05) is 35.9 Å². The topological polar surface area (TPSA) is 82.5 Å². The first-order chi connectivity index (χ1) is 16.4. The smallest absolute Gasteiger partial charge is 0.279 e. The Morgan fingerprint density at radius 1 is 1.24 bits per heavy atom. The number of nitrogens with zero attached hydrogens (tertiary/aromatic N) is 2. The van der Waals surface area contributed by atoms with Crippen LogP contribution in [0.4, 0.5) is 10.2 Å². The molecule has 7 nitrogen and oxygen atoms in total. The SMILES string of the molecule is C#CCOc1ccc(C2CC(=O)Nc3c2c(=O)nc(SCc2ccc(F)cc2)n3C)cc1OC. The molecule has 1 aliphatic heterocycles. The van der Waals surface area contributed by atoms with E-state index in [1.807, 2.05) is 0 Å². The first kappa shape index (κ1) is 23.4. The second-order valence-electron chi connectivity index (χ2n) is 7.64. The Kier molecular flexibility index (Phi) is 6.89. The summed E-state index contributed by atoms with van der Waals surface area (Å²) >= 11 is 1.33. The van der Waals surface area contributed by atoms with Crippen LogP contribution in [0.2, 0.25) is 0 Å². The average molecular weight is 480 g/mol. The molecule has 9 heteroatoms. The summed E-state index contributed by atoms with van der Waals surface area (Å²) in [6.07, 6.45) is 5.36. The number of benzene rings is 2. The Bertz CT molecular complexity index is 1330. The van der Waals surface area contributed by atoms with Crippen molar-refractivity contribution in [2.24, 2.45) is 7.05 Å². The molecule has 174 valence electrons. The fourth-order valence-electron chi connectivity index (χ4n) is 3.82. The minimum absolute atomic E-state index is 0.0905. The molecule has 0 saturated heterocycles. The number of rotatable bonds is 7. The Balaban J connectivity index is 1.69. The van der Waals surface area contributed by atoms with Gasteiger partial charge in [-0.3, -0.25) is 9.59 Å². The summed E-state index contributed by atoms with van der Waals surface area (Å²) in [6.45, 7) is 0.0905. The maximum Gasteiger partial charge on any atom is 0.279 e. The second kappa shape index (κ2) is 10.0. The number of ether oxygens (including phenoxy) is 2. The van der Waals surface area contributed by atoms with Gasteiger partial charge < -0.3 is 19.4 Å². The molecular weight excluding hydrogens is 457 g/mol. The maximum absolute atomic E-state index is 13.2. The number of terminal acetylenes is 1. The maximum atomic E-state index is 13.2. The molecule has 2 aromatic carbocycles. The number of aromatic nitrogens is 2. The number of amides is 1. The van der Waals surface area contributed by atoms with Crippen LogP contribution in [0.1, 0.15) is 29.0 Å². The molecule has 0 bridgehead atoms. The minimum atomic E-state index is -0.498. The quantitative estimate of drug-likeness (QED) is 0.316. The molecule has 0 aliphatic carbocycles. The van der Waals surface area contributed by atoms with E-state index in [2.05, 4.69) is 16.2 Å². The highest BCUT2D eigenvalue weighted by Crippen LogP contribution is 2.39. The Morgan fingerprint density at radius 3 is 2.71 bits per heavy atom. The molecule has 0 saturated carbocycles. The van der Waals surface area contributed by atoms with Gasteiger partial charge >= 0.3 is 0 Å². The molecule has 1 unspecified atom stereocenters. The monoisotopic (exact) mass is 479 g/mol. The third-order valence-electron chi connectivity index (χ3n) is 5.48. The Labute approximate surface area is 200 Å². The normalized spacial score (nSPS) is 14.6.